The van der Waals surface area contributed by atoms with Gasteiger partial charge in [0, 0.05) is 17.8 Å². The molecule has 0 amide bonds. The van der Waals surface area contributed by atoms with Gasteiger partial charge in [-0.05, 0) is 12.1 Å². The molecule has 0 aliphatic carbocycles. The largest absolute Gasteiger partial charge is 0.573 e. The second-order valence-corrected chi connectivity index (χ2v) is 4.93. The zero-order valence-corrected chi connectivity index (χ0v) is 12.8. The van der Waals surface area contributed by atoms with Crippen molar-refractivity contribution in [3.63, 3.8) is 0 Å². The number of halogens is 6. The standard InChI is InChI=1S/C14H8F6N4O2/c1-25-10-4-7(26-14(18,19)20)2-3-8(10)9-6-24-11(5-21-9)22-23-12(24)13(15,16)17/h2-6H,1H3. The van der Waals surface area contributed by atoms with Gasteiger partial charge in [-0.25, -0.2) is 0 Å². The lowest BCUT2D eigenvalue weighted by molar-refractivity contribution is -0.274. The van der Waals surface area contributed by atoms with Crippen LogP contribution in [0.15, 0.2) is 30.6 Å². The van der Waals surface area contributed by atoms with Crippen LogP contribution in [-0.2, 0) is 6.18 Å². The first kappa shape index (κ1) is 17.8. The monoisotopic (exact) mass is 378 g/mol. The molecule has 3 aromatic rings. The molecule has 0 fully saturated rings. The molecule has 0 radical (unpaired) electrons. The summed E-state index contributed by atoms with van der Waals surface area (Å²) < 4.78 is 85.2. The third-order valence-electron chi connectivity index (χ3n) is 3.23. The van der Waals surface area contributed by atoms with E-state index >= 15 is 0 Å². The molecule has 138 valence electrons. The van der Waals surface area contributed by atoms with E-state index in [1.807, 2.05) is 0 Å². The van der Waals surface area contributed by atoms with Gasteiger partial charge in [-0.3, -0.25) is 9.38 Å². The quantitative estimate of drug-likeness (QED) is 0.650. The Kier molecular flexibility index (Phi) is 4.12. The zero-order chi connectivity index (χ0) is 19.1. The molecule has 0 spiro atoms. The van der Waals surface area contributed by atoms with Crippen LogP contribution >= 0.6 is 0 Å². The summed E-state index contributed by atoms with van der Waals surface area (Å²) in [5.41, 5.74) is 0.0287. The van der Waals surface area contributed by atoms with Crippen molar-refractivity contribution in [1.29, 1.82) is 0 Å². The highest BCUT2D eigenvalue weighted by atomic mass is 19.4. The van der Waals surface area contributed by atoms with E-state index in [1.54, 1.807) is 0 Å². The highest BCUT2D eigenvalue weighted by Gasteiger charge is 2.37. The molecule has 12 heteroatoms. The maximum atomic E-state index is 12.9. The lowest BCUT2D eigenvalue weighted by atomic mass is 10.1. The van der Waals surface area contributed by atoms with E-state index in [0.717, 1.165) is 24.5 Å². The maximum Gasteiger partial charge on any atom is 0.573 e. The molecule has 6 nitrogen and oxygen atoms in total. The van der Waals surface area contributed by atoms with Gasteiger partial charge in [0.05, 0.1) is 19.0 Å². The zero-order valence-electron chi connectivity index (χ0n) is 12.8. The van der Waals surface area contributed by atoms with Crippen molar-refractivity contribution in [2.45, 2.75) is 12.5 Å². The van der Waals surface area contributed by atoms with Crippen LogP contribution in [0.4, 0.5) is 26.3 Å². The average Bonchev–Trinajstić information content (AvgIpc) is 2.96. The molecule has 0 aliphatic heterocycles. The van der Waals surface area contributed by atoms with Crippen LogP contribution in [0.3, 0.4) is 0 Å². The van der Waals surface area contributed by atoms with Crippen LogP contribution in [0.25, 0.3) is 16.9 Å². The van der Waals surface area contributed by atoms with Crippen LogP contribution in [0, 0.1) is 0 Å². The molecule has 0 saturated heterocycles. The first-order valence-corrected chi connectivity index (χ1v) is 6.80. The van der Waals surface area contributed by atoms with Crippen LogP contribution in [0.5, 0.6) is 11.5 Å². The topological polar surface area (TPSA) is 61.5 Å². The van der Waals surface area contributed by atoms with Crippen LogP contribution < -0.4 is 9.47 Å². The van der Waals surface area contributed by atoms with Gasteiger partial charge in [0.1, 0.15) is 11.5 Å². The molecule has 3 rings (SSSR count). The minimum absolute atomic E-state index is 0.0122. The van der Waals surface area contributed by atoms with Gasteiger partial charge in [0.25, 0.3) is 0 Å². The van der Waals surface area contributed by atoms with Crippen molar-refractivity contribution in [1.82, 2.24) is 19.6 Å². The number of methoxy groups -OCH3 is 1. The Morgan fingerprint density at radius 2 is 1.77 bits per heavy atom. The first-order valence-electron chi connectivity index (χ1n) is 6.80. The summed E-state index contributed by atoms with van der Waals surface area (Å²) in [6, 6.07) is 3.13. The first-order chi connectivity index (χ1) is 12.1. The van der Waals surface area contributed by atoms with Crippen molar-refractivity contribution in [2.75, 3.05) is 7.11 Å². The fraction of sp³-hybridized carbons (Fsp3) is 0.214. The summed E-state index contributed by atoms with van der Waals surface area (Å²) in [7, 11) is 1.19. The smallest absolute Gasteiger partial charge is 0.496 e. The molecule has 0 bridgehead atoms. The Morgan fingerprint density at radius 3 is 2.38 bits per heavy atom. The molecule has 0 aliphatic rings. The SMILES string of the molecule is COc1cc(OC(F)(F)F)ccc1-c1cn2c(C(F)(F)F)nnc2cn1. The van der Waals surface area contributed by atoms with Gasteiger partial charge in [-0.2, -0.15) is 13.2 Å². The fourth-order valence-electron chi connectivity index (χ4n) is 2.21. The van der Waals surface area contributed by atoms with Gasteiger partial charge in [0.2, 0.25) is 5.82 Å². The highest BCUT2D eigenvalue weighted by Crippen LogP contribution is 2.35. The van der Waals surface area contributed by atoms with E-state index in [9.17, 15) is 26.3 Å². The van der Waals surface area contributed by atoms with Crippen molar-refractivity contribution in [3.05, 3.63) is 36.4 Å². The Morgan fingerprint density at radius 1 is 1.04 bits per heavy atom. The van der Waals surface area contributed by atoms with Crippen molar-refractivity contribution < 1.29 is 35.8 Å². The second kappa shape index (κ2) is 6.04. The van der Waals surface area contributed by atoms with Crippen molar-refractivity contribution in [3.8, 4) is 22.8 Å². The number of rotatable bonds is 3. The number of fused-ring (bicyclic) bond motifs is 1. The van der Waals surface area contributed by atoms with E-state index in [1.165, 1.54) is 13.2 Å². The predicted octanol–water partition coefficient (Wildman–Crippen LogP) is 3.72. The number of hydrogen-bond donors (Lipinski definition) is 0. The van der Waals surface area contributed by atoms with E-state index in [2.05, 4.69) is 19.9 Å². The Balaban J connectivity index is 2.08. The van der Waals surface area contributed by atoms with Crippen LogP contribution in [0.2, 0.25) is 0 Å². The Hall–Kier alpha value is -3.05. The molecule has 1 aromatic carbocycles. The molecule has 0 saturated carbocycles. The van der Waals surface area contributed by atoms with Gasteiger partial charge in [0.15, 0.2) is 5.65 Å². The molecule has 0 N–H and O–H groups in total. The minimum atomic E-state index is -4.90. The summed E-state index contributed by atoms with van der Waals surface area (Å²) in [4.78, 5) is 3.95. The predicted molar refractivity (Wildman–Crippen MR) is 74.5 cm³/mol. The Bertz CT molecular complexity index is 951. The molecular formula is C14H8F6N4O2. The third kappa shape index (κ3) is 3.48. The average molecular weight is 378 g/mol. The number of aromatic nitrogens is 4. The van der Waals surface area contributed by atoms with Crippen LogP contribution in [-0.4, -0.2) is 33.1 Å². The van der Waals surface area contributed by atoms with Gasteiger partial charge in [-0.15, -0.1) is 23.4 Å². The molecule has 0 unspecified atom stereocenters. The van der Waals surface area contributed by atoms with Crippen molar-refractivity contribution >= 4 is 5.65 Å². The summed E-state index contributed by atoms with van der Waals surface area (Å²) >= 11 is 0. The number of benzene rings is 1. The number of ether oxygens (including phenoxy) is 2. The Labute approximate surface area is 141 Å². The summed E-state index contributed by atoms with van der Waals surface area (Å²) in [6.45, 7) is 0. The molecule has 2 aromatic heterocycles. The van der Waals surface area contributed by atoms with E-state index in [-0.39, 0.29) is 22.7 Å². The van der Waals surface area contributed by atoms with Crippen LogP contribution in [0.1, 0.15) is 5.82 Å². The second-order valence-electron chi connectivity index (χ2n) is 4.93. The molecule has 0 atom stereocenters. The summed E-state index contributed by atoms with van der Waals surface area (Å²) in [6.07, 6.45) is -7.57. The molecule has 2 heterocycles. The highest BCUT2D eigenvalue weighted by molar-refractivity contribution is 5.68. The van der Waals surface area contributed by atoms with E-state index < -0.39 is 24.1 Å². The maximum absolute atomic E-state index is 12.9. The fourth-order valence-corrected chi connectivity index (χ4v) is 2.21. The van der Waals surface area contributed by atoms with Crippen molar-refractivity contribution in [2.24, 2.45) is 0 Å². The molecule has 26 heavy (non-hydrogen) atoms. The minimum Gasteiger partial charge on any atom is -0.496 e. The summed E-state index contributed by atoms with van der Waals surface area (Å²) in [5, 5.41) is 6.44. The van der Waals surface area contributed by atoms with E-state index in [4.69, 9.17) is 4.74 Å². The number of alkyl halides is 6. The summed E-state index contributed by atoms with van der Waals surface area (Å²) in [5.74, 6) is -1.87. The number of hydrogen-bond acceptors (Lipinski definition) is 5. The van der Waals surface area contributed by atoms with Gasteiger partial charge in [-0.1, -0.05) is 0 Å². The number of nitrogens with zero attached hydrogens (tertiary/aromatic N) is 4. The third-order valence-corrected chi connectivity index (χ3v) is 3.23. The lowest BCUT2D eigenvalue weighted by Gasteiger charge is -2.13. The van der Waals surface area contributed by atoms with Gasteiger partial charge >= 0.3 is 12.5 Å². The molecular weight excluding hydrogens is 370 g/mol. The lowest BCUT2D eigenvalue weighted by Crippen LogP contribution is -2.17. The van der Waals surface area contributed by atoms with E-state index in [0.29, 0.717) is 4.40 Å². The van der Waals surface area contributed by atoms with Gasteiger partial charge < -0.3 is 9.47 Å². The normalized spacial score (nSPS) is 12.4.